The molecule has 2 aromatic carbocycles. The van der Waals surface area contributed by atoms with Crippen LogP contribution < -0.4 is 5.69 Å². The number of aromatic nitrogens is 2. The summed E-state index contributed by atoms with van der Waals surface area (Å²) < 4.78 is 2.47. The van der Waals surface area contributed by atoms with Crippen LogP contribution in [0.5, 0.6) is 0 Å². The molecular weight excluding hydrogens is 371 g/mol. The molecule has 3 aromatic rings. The number of hydrogen-bond donors (Lipinski definition) is 2. The van der Waals surface area contributed by atoms with Crippen molar-refractivity contribution < 1.29 is 9.90 Å². The summed E-state index contributed by atoms with van der Waals surface area (Å²) in [5.41, 5.74) is 1.73. The second-order valence-electron chi connectivity index (χ2n) is 4.28. The molecule has 20 heavy (non-hydrogen) atoms. The fourth-order valence-electron chi connectivity index (χ4n) is 2.11. The third-order valence-electron chi connectivity index (χ3n) is 3.00. The Morgan fingerprint density at radius 2 is 2.00 bits per heavy atom. The van der Waals surface area contributed by atoms with Gasteiger partial charge in [0.2, 0.25) is 0 Å². The van der Waals surface area contributed by atoms with Crippen molar-refractivity contribution in [2.24, 2.45) is 0 Å². The Bertz CT molecular complexity index is 880. The molecule has 0 unspecified atom stereocenters. The van der Waals surface area contributed by atoms with E-state index < -0.39 is 5.97 Å². The van der Waals surface area contributed by atoms with E-state index in [1.165, 1.54) is 16.7 Å². The number of rotatable bonds is 2. The van der Waals surface area contributed by atoms with Gasteiger partial charge in [-0.05, 0) is 59.0 Å². The van der Waals surface area contributed by atoms with Crippen LogP contribution in [0.1, 0.15) is 10.4 Å². The summed E-state index contributed by atoms with van der Waals surface area (Å²) in [5.74, 6) is -1.02. The zero-order valence-corrected chi connectivity index (χ0v) is 12.3. The average Bonchev–Trinajstić information content (AvgIpc) is 2.73. The van der Waals surface area contributed by atoms with Gasteiger partial charge >= 0.3 is 11.7 Å². The van der Waals surface area contributed by atoms with E-state index in [9.17, 15) is 9.59 Å². The molecule has 6 heteroatoms. The third-order valence-corrected chi connectivity index (χ3v) is 3.67. The lowest BCUT2D eigenvalue weighted by atomic mass is 10.2. The van der Waals surface area contributed by atoms with Gasteiger partial charge in [-0.3, -0.25) is 4.57 Å². The number of imidazole rings is 1. The van der Waals surface area contributed by atoms with Crippen LogP contribution in [0, 0.1) is 3.57 Å². The first kappa shape index (κ1) is 12.9. The Morgan fingerprint density at radius 1 is 1.20 bits per heavy atom. The first-order chi connectivity index (χ1) is 9.56. The van der Waals surface area contributed by atoms with Crippen molar-refractivity contribution in [2.45, 2.75) is 0 Å². The van der Waals surface area contributed by atoms with Crippen LogP contribution in [-0.2, 0) is 0 Å². The van der Waals surface area contributed by atoms with Gasteiger partial charge in [-0.1, -0.05) is 6.07 Å². The van der Waals surface area contributed by atoms with E-state index in [4.69, 9.17) is 5.11 Å². The van der Waals surface area contributed by atoms with Crippen LogP contribution in [0.3, 0.4) is 0 Å². The molecule has 0 amide bonds. The van der Waals surface area contributed by atoms with E-state index in [1.807, 2.05) is 24.3 Å². The number of carboxylic acids is 1. The first-order valence-corrected chi connectivity index (χ1v) is 6.88. The van der Waals surface area contributed by atoms with Gasteiger partial charge < -0.3 is 10.1 Å². The summed E-state index contributed by atoms with van der Waals surface area (Å²) in [6, 6.07) is 12.0. The molecule has 0 atom stereocenters. The van der Waals surface area contributed by atoms with Crippen molar-refractivity contribution >= 4 is 39.6 Å². The fraction of sp³-hybridized carbons (Fsp3) is 0. The highest BCUT2D eigenvalue weighted by Gasteiger charge is 2.11. The predicted molar refractivity (Wildman–Crippen MR) is 83.6 cm³/mol. The Morgan fingerprint density at radius 3 is 2.70 bits per heavy atom. The number of halogens is 1. The maximum atomic E-state index is 12.1. The minimum Gasteiger partial charge on any atom is -0.478 e. The van der Waals surface area contributed by atoms with E-state index >= 15 is 0 Å². The predicted octanol–water partition coefficient (Wildman–Crippen LogP) is 2.62. The zero-order chi connectivity index (χ0) is 14.3. The molecule has 0 bridgehead atoms. The largest absolute Gasteiger partial charge is 0.478 e. The van der Waals surface area contributed by atoms with Gasteiger partial charge in [-0.15, -0.1) is 0 Å². The second kappa shape index (κ2) is 4.78. The average molecular weight is 380 g/mol. The maximum absolute atomic E-state index is 12.1. The number of benzene rings is 2. The highest BCUT2D eigenvalue weighted by atomic mass is 127. The van der Waals surface area contributed by atoms with Crippen molar-refractivity contribution in [3.8, 4) is 5.69 Å². The van der Waals surface area contributed by atoms with Crippen molar-refractivity contribution in [1.82, 2.24) is 9.55 Å². The fourth-order valence-corrected chi connectivity index (χ4v) is 2.63. The number of carboxylic acid groups (broad SMARTS) is 1. The normalized spacial score (nSPS) is 10.8. The summed E-state index contributed by atoms with van der Waals surface area (Å²) in [6.45, 7) is 0. The summed E-state index contributed by atoms with van der Waals surface area (Å²) >= 11 is 2.16. The third kappa shape index (κ3) is 2.11. The van der Waals surface area contributed by atoms with Crippen molar-refractivity contribution in [1.29, 1.82) is 0 Å². The maximum Gasteiger partial charge on any atom is 0.335 e. The van der Waals surface area contributed by atoms with Gasteiger partial charge in [0.25, 0.3) is 0 Å². The van der Waals surface area contributed by atoms with E-state index in [2.05, 4.69) is 27.6 Å². The lowest BCUT2D eigenvalue weighted by Crippen LogP contribution is -2.14. The van der Waals surface area contributed by atoms with Crippen LogP contribution in [0.15, 0.2) is 47.3 Å². The number of nitrogens with one attached hydrogen (secondary N) is 1. The summed E-state index contributed by atoms with van der Waals surface area (Å²) in [6.07, 6.45) is 0. The molecule has 0 aliphatic rings. The van der Waals surface area contributed by atoms with Gasteiger partial charge in [-0.2, -0.15) is 0 Å². The second-order valence-corrected chi connectivity index (χ2v) is 5.53. The molecule has 1 aromatic heterocycles. The Kier molecular flexibility index (Phi) is 3.09. The summed E-state index contributed by atoms with van der Waals surface area (Å²) in [5, 5.41) is 9.06. The molecule has 0 saturated heterocycles. The number of hydrogen-bond acceptors (Lipinski definition) is 2. The van der Waals surface area contributed by atoms with Gasteiger partial charge in [0.15, 0.2) is 0 Å². The minimum absolute atomic E-state index is 0.149. The van der Waals surface area contributed by atoms with Crippen molar-refractivity contribution in [3.63, 3.8) is 0 Å². The molecule has 0 aliphatic heterocycles. The lowest BCUT2D eigenvalue weighted by Gasteiger charge is -2.04. The lowest BCUT2D eigenvalue weighted by molar-refractivity contribution is 0.0697. The van der Waals surface area contributed by atoms with Crippen LogP contribution in [0.2, 0.25) is 0 Å². The standard InChI is InChI=1S/C14H9IN2O3/c15-9-2-1-3-10(7-9)17-12-6-8(13(18)19)4-5-11(12)16-14(17)20/h1-7H,(H,16,20)(H,18,19). The molecule has 5 nitrogen and oxygen atoms in total. The van der Waals surface area contributed by atoms with Gasteiger partial charge in [0, 0.05) is 3.57 Å². The van der Waals surface area contributed by atoms with Crippen molar-refractivity contribution in [3.05, 3.63) is 62.1 Å². The van der Waals surface area contributed by atoms with E-state index in [-0.39, 0.29) is 11.3 Å². The summed E-state index contributed by atoms with van der Waals surface area (Å²) in [4.78, 5) is 25.9. The van der Waals surface area contributed by atoms with Gasteiger partial charge in [0.1, 0.15) is 0 Å². The summed E-state index contributed by atoms with van der Waals surface area (Å²) in [7, 11) is 0. The van der Waals surface area contributed by atoms with E-state index in [1.54, 1.807) is 6.07 Å². The molecule has 3 rings (SSSR count). The number of aromatic amines is 1. The quantitative estimate of drug-likeness (QED) is 0.672. The van der Waals surface area contributed by atoms with Crippen LogP contribution >= 0.6 is 22.6 Å². The van der Waals surface area contributed by atoms with Crippen LogP contribution in [0.25, 0.3) is 16.7 Å². The number of carbonyl (C=O) groups is 1. The molecular formula is C14H9IN2O3. The first-order valence-electron chi connectivity index (χ1n) is 5.80. The molecule has 2 N–H and O–H groups in total. The molecule has 100 valence electrons. The molecule has 0 saturated carbocycles. The van der Waals surface area contributed by atoms with Crippen LogP contribution in [0.4, 0.5) is 0 Å². The minimum atomic E-state index is -1.02. The SMILES string of the molecule is O=C(O)c1ccc2[nH]c(=O)n(-c3cccc(I)c3)c2c1. The smallest absolute Gasteiger partial charge is 0.335 e. The van der Waals surface area contributed by atoms with E-state index in [0.29, 0.717) is 16.7 Å². The molecule has 0 spiro atoms. The van der Waals surface area contributed by atoms with Gasteiger partial charge in [-0.25, -0.2) is 9.59 Å². The number of aromatic carboxylic acids is 1. The monoisotopic (exact) mass is 380 g/mol. The molecule has 0 radical (unpaired) electrons. The van der Waals surface area contributed by atoms with Crippen LogP contribution in [-0.4, -0.2) is 20.6 Å². The van der Waals surface area contributed by atoms with Gasteiger partial charge in [0.05, 0.1) is 22.3 Å². The topological polar surface area (TPSA) is 75.1 Å². The highest BCUT2D eigenvalue weighted by Crippen LogP contribution is 2.18. The molecule has 0 aliphatic carbocycles. The number of fused-ring (bicyclic) bond motifs is 1. The molecule has 0 fully saturated rings. The number of H-pyrrole nitrogens is 1. The Balaban J connectivity index is 2.34. The highest BCUT2D eigenvalue weighted by molar-refractivity contribution is 14.1. The Labute approximate surface area is 127 Å². The Hall–Kier alpha value is -2.09. The molecule has 1 heterocycles. The van der Waals surface area contributed by atoms with E-state index in [0.717, 1.165) is 3.57 Å². The number of nitrogens with zero attached hydrogens (tertiary/aromatic N) is 1. The van der Waals surface area contributed by atoms with Crippen molar-refractivity contribution in [2.75, 3.05) is 0 Å². The zero-order valence-electron chi connectivity index (χ0n) is 10.1.